The number of imidazole rings is 1. The lowest BCUT2D eigenvalue weighted by molar-refractivity contribution is 0.669. The second kappa shape index (κ2) is 7.62. The normalized spacial score (nSPS) is 11.1. The molecule has 0 aliphatic rings. The van der Waals surface area contributed by atoms with Crippen LogP contribution in [0, 0.1) is 0 Å². The molecule has 0 radical (unpaired) electrons. The lowest BCUT2D eigenvalue weighted by atomic mass is 10.2. The van der Waals surface area contributed by atoms with Crippen LogP contribution in [0.4, 0.5) is 0 Å². The Kier molecular flexibility index (Phi) is 5.82. The molecule has 104 valence electrons. The number of nitrogens with one attached hydrogen (secondary N) is 2. The Morgan fingerprint density at radius 2 is 2.32 bits per heavy atom. The van der Waals surface area contributed by atoms with Crippen LogP contribution in [-0.4, -0.2) is 21.5 Å². The molecule has 2 aromatic rings. The van der Waals surface area contributed by atoms with Gasteiger partial charge >= 0.3 is 0 Å². The first-order valence-corrected chi connectivity index (χ1v) is 7.92. The third-order valence-corrected chi connectivity index (χ3v) is 3.84. The first-order valence-electron chi connectivity index (χ1n) is 6.60. The molecule has 0 aliphatic carbocycles. The van der Waals surface area contributed by atoms with Crippen LogP contribution in [0.3, 0.4) is 0 Å². The highest BCUT2D eigenvalue weighted by Gasteiger charge is 2.07. The van der Waals surface area contributed by atoms with Gasteiger partial charge in [-0.1, -0.05) is 24.9 Å². The number of aromatic amines is 1. The van der Waals surface area contributed by atoms with Crippen molar-refractivity contribution >= 4 is 22.9 Å². The molecule has 0 fully saturated rings. The summed E-state index contributed by atoms with van der Waals surface area (Å²) >= 11 is 7.74. The van der Waals surface area contributed by atoms with Crippen molar-refractivity contribution in [2.45, 2.75) is 39.2 Å². The van der Waals surface area contributed by atoms with E-state index in [1.54, 1.807) is 11.3 Å². The van der Waals surface area contributed by atoms with Crippen molar-refractivity contribution in [2.24, 2.45) is 0 Å². The van der Waals surface area contributed by atoms with E-state index in [9.17, 15) is 0 Å². The quantitative estimate of drug-likeness (QED) is 0.736. The average Bonchev–Trinajstić information content (AvgIpc) is 3.02. The Hall–Kier alpha value is -0.910. The second-order valence-electron chi connectivity index (χ2n) is 4.46. The summed E-state index contributed by atoms with van der Waals surface area (Å²) in [6, 6.07) is 0. The SMILES string of the molecule is CCCCc1nc(Cl)c(CNCCc2cscn2)[nH]1. The molecule has 2 aromatic heterocycles. The van der Waals surface area contributed by atoms with E-state index in [-0.39, 0.29) is 0 Å². The molecule has 0 aliphatic heterocycles. The molecule has 6 heteroatoms. The van der Waals surface area contributed by atoms with Crippen LogP contribution >= 0.6 is 22.9 Å². The fourth-order valence-corrected chi connectivity index (χ4v) is 2.62. The largest absolute Gasteiger partial charge is 0.344 e. The maximum Gasteiger partial charge on any atom is 0.151 e. The summed E-state index contributed by atoms with van der Waals surface area (Å²) in [5.41, 5.74) is 3.98. The Labute approximate surface area is 122 Å². The van der Waals surface area contributed by atoms with E-state index in [1.165, 1.54) is 6.42 Å². The number of rotatable bonds is 8. The highest BCUT2D eigenvalue weighted by Crippen LogP contribution is 2.13. The van der Waals surface area contributed by atoms with Gasteiger partial charge in [0, 0.05) is 31.3 Å². The Morgan fingerprint density at radius 3 is 3.05 bits per heavy atom. The van der Waals surface area contributed by atoms with Crippen LogP contribution in [-0.2, 0) is 19.4 Å². The van der Waals surface area contributed by atoms with E-state index in [2.05, 4.69) is 32.6 Å². The first kappa shape index (κ1) is 14.5. The van der Waals surface area contributed by atoms with Gasteiger partial charge in [-0.15, -0.1) is 11.3 Å². The summed E-state index contributed by atoms with van der Waals surface area (Å²) in [7, 11) is 0. The molecular weight excluding hydrogens is 280 g/mol. The van der Waals surface area contributed by atoms with E-state index in [0.717, 1.165) is 49.6 Å². The molecule has 0 bridgehead atoms. The molecule has 4 nitrogen and oxygen atoms in total. The molecule has 19 heavy (non-hydrogen) atoms. The van der Waals surface area contributed by atoms with Crippen molar-refractivity contribution < 1.29 is 0 Å². The topological polar surface area (TPSA) is 53.6 Å². The third-order valence-electron chi connectivity index (χ3n) is 2.89. The van der Waals surface area contributed by atoms with Crippen LogP contribution < -0.4 is 5.32 Å². The van der Waals surface area contributed by atoms with Crippen LogP contribution in [0.2, 0.25) is 5.15 Å². The van der Waals surface area contributed by atoms with Crippen molar-refractivity contribution in [3.63, 3.8) is 0 Å². The van der Waals surface area contributed by atoms with Gasteiger partial charge in [0.1, 0.15) is 5.82 Å². The molecule has 0 aromatic carbocycles. The molecular formula is C13H19ClN4S. The van der Waals surface area contributed by atoms with Gasteiger partial charge in [0.25, 0.3) is 0 Å². The number of aromatic nitrogens is 3. The van der Waals surface area contributed by atoms with Crippen LogP contribution in [0.15, 0.2) is 10.9 Å². The van der Waals surface area contributed by atoms with Crippen LogP contribution in [0.1, 0.15) is 37.0 Å². The first-order chi connectivity index (χ1) is 9.29. The molecule has 2 rings (SSSR count). The predicted molar refractivity (Wildman–Crippen MR) is 79.7 cm³/mol. The number of thiazole rings is 1. The standard InChI is InChI=1S/C13H19ClN4S/c1-2-3-4-12-17-11(13(14)18-12)7-15-6-5-10-8-19-9-16-10/h8-9,15H,2-7H2,1H3,(H,17,18). The summed E-state index contributed by atoms with van der Waals surface area (Å²) in [5.74, 6) is 0.989. The highest BCUT2D eigenvalue weighted by atomic mass is 35.5. The van der Waals surface area contributed by atoms with Gasteiger partial charge in [-0.2, -0.15) is 0 Å². The minimum Gasteiger partial charge on any atom is -0.344 e. The molecule has 0 saturated carbocycles. The number of halogens is 1. The molecule has 0 unspecified atom stereocenters. The van der Waals surface area contributed by atoms with Crippen LogP contribution in [0.5, 0.6) is 0 Å². The maximum atomic E-state index is 6.11. The average molecular weight is 299 g/mol. The van der Waals surface area contributed by atoms with Gasteiger partial charge in [-0.05, 0) is 6.42 Å². The highest BCUT2D eigenvalue weighted by molar-refractivity contribution is 7.07. The van der Waals surface area contributed by atoms with Gasteiger partial charge in [-0.25, -0.2) is 9.97 Å². The minimum absolute atomic E-state index is 0.590. The third kappa shape index (κ3) is 4.60. The van der Waals surface area contributed by atoms with E-state index in [0.29, 0.717) is 5.15 Å². The summed E-state index contributed by atoms with van der Waals surface area (Å²) in [4.78, 5) is 11.9. The second-order valence-corrected chi connectivity index (χ2v) is 5.54. The number of unbranched alkanes of at least 4 members (excludes halogenated alkanes) is 1. The minimum atomic E-state index is 0.590. The lowest BCUT2D eigenvalue weighted by Crippen LogP contribution is -2.17. The van der Waals surface area contributed by atoms with Crippen LogP contribution in [0.25, 0.3) is 0 Å². The zero-order chi connectivity index (χ0) is 13.5. The van der Waals surface area contributed by atoms with Crippen molar-refractivity contribution in [1.29, 1.82) is 0 Å². The van der Waals surface area contributed by atoms with E-state index in [4.69, 9.17) is 11.6 Å². The summed E-state index contributed by atoms with van der Waals surface area (Å²) < 4.78 is 0. The van der Waals surface area contributed by atoms with Gasteiger partial charge in [-0.3, -0.25) is 0 Å². The number of hydrogen-bond acceptors (Lipinski definition) is 4. The molecule has 0 saturated heterocycles. The molecule has 2 heterocycles. The summed E-state index contributed by atoms with van der Waals surface area (Å²) in [6.45, 7) is 3.79. The zero-order valence-electron chi connectivity index (χ0n) is 11.1. The van der Waals surface area contributed by atoms with Crippen molar-refractivity contribution in [3.05, 3.63) is 33.3 Å². The summed E-state index contributed by atoms with van der Waals surface area (Å²) in [6.07, 6.45) is 4.22. The van der Waals surface area contributed by atoms with Gasteiger partial charge in [0.2, 0.25) is 0 Å². The number of hydrogen-bond donors (Lipinski definition) is 2. The Balaban J connectivity index is 1.74. The summed E-state index contributed by atoms with van der Waals surface area (Å²) in [5, 5.41) is 6.03. The Bertz CT molecular complexity index is 481. The fourth-order valence-electron chi connectivity index (χ4n) is 1.81. The monoisotopic (exact) mass is 298 g/mol. The van der Waals surface area contributed by atoms with Gasteiger partial charge in [0.15, 0.2) is 5.15 Å². The van der Waals surface area contributed by atoms with E-state index >= 15 is 0 Å². The number of H-pyrrole nitrogens is 1. The van der Waals surface area contributed by atoms with E-state index < -0.39 is 0 Å². The van der Waals surface area contributed by atoms with Crippen molar-refractivity contribution in [2.75, 3.05) is 6.54 Å². The number of aryl methyl sites for hydroxylation is 1. The number of nitrogens with zero attached hydrogens (tertiary/aromatic N) is 2. The molecule has 0 atom stereocenters. The fraction of sp³-hybridized carbons (Fsp3) is 0.538. The van der Waals surface area contributed by atoms with Gasteiger partial charge < -0.3 is 10.3 Å². The molecule has 0 spiro atoms. The van der Waals surface area contributed by atoms with Crippen molar-refractivity contribution in [1.82, 2.24) is 20.3 Å². The predicted octanol–water partition coefficient (Wildman–Crippen LogP) is 3.19. The van der Waals surface area contributed by atoms with E-state index in [1.807, 2.05) is 5.51 Å². The lowest BCUT2D eigenvalue weighted by Gasteiger charge is -2.01. The van der Waals surface area contributed by atoms with Gasteiger partial charge in [0.05, 0.1) is 16.9 Å². The Morgan fingerprint density at radius 1 is 1.42 bits per heavy atom. The van der Waals surface area contributed by atoms with Crippen molar-refractivity contribution in [3.8, 4) is 0 Å². The zero-order valence-corrected chi connectivity index (χ0v) is 12.7. The molecule has 0 amide bonds. The molecule has 2 N–H and O–H groups in total. The maximum absolute atomic E-state index is 6.11. The smallest absolute Gasteiger partial charge is 0.151 e.